The maximum Gasteiger partial charge on any atom is 0.303 e. The Morgan fingerprint density at radius 1 is 1.27 bits per heavy atom. The van der Waals surface area contributed by atoms with Gasteiger partial charge in [-0.25, -0.2) is 0 Å². The van der Waals surface area contributed by atoms with Gasteiger partial charge in [-0.05, 0) is 44.1 Å². The largest absolute Gasteiger partial charge is 0.481 e. The lowest BCUT2D eigenvalue weighted by Gasteiger charge is -2.30. The van der Waals surface area contributed by atoms with E-state index in [1.807, 2.05) is 36.4 Å². The highest BCUT2D eigenvalue weighted by atomic mass is 16.7. The summed E-state index contributed by atoms with van der Waals surface area (Å²) in [4.78, 5) is 22.8. The normalized spacial score (nSPS) is 27.1. The van der Waals surface area contributed by atoms with Crippen molar-refractivity contribution >= 4 is 11.8 Å². The van der Waals surface area contributed by atoms with Crippen LogP contribution in [-0.2, 0) is 20.9 Å². The molecule has 0 saturated heterocycles. The summed E-state index contributed by atoms with van der Waals surface area (Å²) in [5, 5.41) is 29.5. The minimum absolute atomic E-state index is 0.0382. The minimum atomic E-state index is -0.853. The highest BCUT2D eigenvalue weighted by Crippen LogP contribution is 2.36. The van der Waals surface area contributed by atoms with Gasteiger partial charge in [0.05, 0.1) is 12.7 Å². The molecule has 7 nitrogen and oxygen atoms in total. The Labute approximate surface area is 176 Å². The van der Waals surface area contributed by atoms with Crippen molar-refractivity contribution < 1.29 is 34.4 Å². The van der Waals surface area contributed by atoms with Crippen molar-refractivity contribution in [1.29, 1.82) is 0 Å². The molecule has 1 unspecified atom stereocenters. The average Bonchev–Trinajstić information content (AvgIpc) is 3.00. The fourth-order valence-corrected chi connectivity index (χ4v) is 4.21. The summed E-state index contributed by atoms with van der Waals surface area (Å²) in [5.41, 5.74) is 0.938. The second-order valence-corrected chi connectivity index (χ2v) is 8.05. The highest BCUT2D eigenvalue weighted by Gasteiger charge is 2.41. The van der Waals surface area contributed by atoms with Crippen LogP contribution in [0.25, 0.3) is 0 Å². The van der Waals surface area contributed by atoms with Crippen LogP contribution in [0.2, 0.25) is 0 Å². The van der Waals surface area contributed by atoms with Gasteiger partial charge in [0, 0.05) is 24.3 Å². The van der Waals surface area contributed by atoms with E-state index in [0.29, 0.717) is 44.5 Å². The molecule has 1 aliphatic carbocycles. The molecule has 1 aromatic rings. The van der Waals surface area contributed by atoms with Gasteiger partial charge in [0.1, 0.15) is 17.6 Å². The summed E-state index contributed by atoms with van der Waals surface area (Å²) in [6, 6.07) is 7.53. The SMILES string of the molecule is O=C(O)CCC/C=C\C[C@H]1C(=O)C[C@@H](O)[C@@H]1CC[C@H](O)C1OCc2ccccc2O1. The number of Topliss-reactive ketones (excluding diaryl/α,β-unsaturated/α-hetero) is 1. The molecule has 1 fully saturated rings. The molecule has 3 rings (SSSR count). The third-order valence-electron chi connectivity index (χ3n) is 5.88. The fourth-order valence-electron chi connectivity index (χ4n) is 4.21. The number of aliphatic carboxylic acids is 1. The Morgan fingerprint density at radius 3 is 2.87 bits per heavy atom. The smallest absolute Gasteiger partial charge is 0.303 e. The first kappa shape index (κ1) is 22.5. The van der Waals surface area contributed by atoms with Gasteiger partial charge in [0.25, 0.3) is 0 Å². The zero-order valence-corrected chi connectivity index (χ0v) is 17.0. The molecule has 164 valence electrons. The van der Waals surface area contributed by atoms with Crippen LogP contribution >= 0.6 is 0 Å². The van der Waals surface area contributed by atoms with Gasteiger partial charge in [-0.2, -0.15) is 0 Å². The van der Waals surface area contributed by atoms with E-state index in [1.165, 1.54) is 0 Å². The molecule has 0 bridgehead atoms. The van der Waals surface area contributed by atoms with E-state index in [1.54, 1.807) is 0 Å². The van der Waals surface area contributed by atoms with Crippen molar-refractivity contribution in [3.8, 4) is 5.75 Å². The van der Waals surface area contributed by atoms with E-state index in [2.05, 4.69) is 0 Å². The monoisotopic (exact) mass is 418 g/mol. The van der Waals surface area contributed by atoms with E-state index in [-0.39, 0.29) is 30.5 Å². The number of hydrogen-bond acceptors (Lipinski definition) is 6. The van der Waals surface area contributed by atoms with Crippen LogP contribution in [-0.4, -0.2) is 45.6 Å². The van der Waals surface area contributed by atoms with Gasteiger partial charge in [-0.1, -0.05) is 30.4 Å². The molecule has 30 heavy (non-hydrogen) atoms. The molecular weight excluding hydrogens is 388 g/mol. The lowest BCUT2D eigenvalue weighted by atomic mass is 9.86. The number of ether oxygens (including phenoxy) is 2. The Hall–Kier alpha value is -2.22. The first-order valence-corrected chi connectivity index (χ1v) is 10.6. The van der Waals surface area contributed by atoms with Gasteiger partial charge in [-0.3, -0.25) is 9.59 Å². The molecule has 0 amide bonds. The second kappa shape index (κ2) is 10.7. The number of rotatable bonds is 10. The maximum atomic E-state index is 12.3. The molecule has 1 saturated carbocycles. The van der Waals surface area contributed by atoms with Gasteiger partial charge in [-0.15, -0.1) is 0 Å². The molecule has 2 aliphatic rings. The van der Waals surface area contributed by atoms with E-state index in [4.69, 9.17) is 14.6 Å². The summed E-state index contributed by atoms with van der Waals surface area (Å²) in [6.45, 7) is 0.373. The van der Waals surface area contributed by atoms with E-state index < -0.39 is 24.5 Å². The average molecular weight is 418 g/mol. The summed E-state index contributed by atoms with van der Waals surface area (Å²) in [5.74, 6) is -0.569. The number of carbonyl (C=O) groups is 2. The van der Waals surface area contributed by atoms with Crippen LogP contribution in [0.1, 0.15) is 50.5 Å². The fraction of sp³-hybridized carbons (Fsp3) is 0.565. The molecule has 3 N–H and O–H groups in total. The van der Waals surface area contributed by atoms with E-state index in [9.17, 15) is 19.8 Å². The maximum absolute atomic E-state index is 12.3. The summed E-state index contributed by atoms with van der Waals surface area (Å²) in [7, 11) is 0. The number of hydrogen-bond donors (Lipinski definition) is 3. The topological polar surface area (TPSA) is 113 Å². The van der Waals surface area contributed by atoms with Gasteiger partial charge < -0.3 is 24.8 Å². The van der Waals surface area contributed by atoms with Crippen molar-refractivity contribution in [1.82, 2.24) is 0 Å². The standard InChI is InChI=1S/C23H30O7/c24-18(23-29-14-15-7-5-6-9-21(15)30-23)12-11-17-16(19(25)13-20(17)26)8-3-1-2-4-10-22(27)28/h1,3,5-7,9,16-18,20,23-24,26H,2,4,8,10-14H2,(H,27,28)/b3-1-/t16-,17-,18+,20-,23?/m1/s1. The van der Waals surface area contributed by atoms with Crippen LogP contribution in [0.3, 0.4) is 0 Å². The molecular formula is C23H30O7. The van der Waals surface area contributed by atoms with Crippen molar-refractivity contribution in [3.63, 3.8) is 0 Å². The third kappa shape index (κ3) is 5.90. The zero-order valence-electron chi connectivity index (χ0n) is 17.0. The number of carboxylic acid groups (broad SMARTS) is 1. The molecule has 1 aliphatic heterocycles. The van der Waals surface area contributed by atoms with Crippen molar-refractivity contribution in [2.45, 2.75) is 70.1 Å². The number of allylic oxidation sites excluding steroid dienone is 2. The zero-order chi connectivity index (χ0) is 21.5. The van der Waals surface area contributed by atoms with E-state index >= 15 is 0 Å². The Bertz CT molecular complexity index is 760. The molecule has 0 spiro atoms. The predicted octanol–water partition coefficient (Wildman–Crippen LogP) is 2.83. The molecule has 1 aromatic carbocycles. The minimum Gasteiger partial charge on any atom is -0.481 e. The number of fused-ring (bicyclic) bond motifs is 1. The number of benzene rings is 1. The van der Waals surface area contributed by atoms with Crippen LogP contribution in [0.4, 0.5) is 0 Å². The van der Waals surface area contributed by atoms with E-state index in [0.717, 1.165) is 5.56 Å². The van der Waals surface area contributed by atoms with Crippen molar-refractivity contribution in [2.24, 2.45) is 11.8 Å². The predicted molar refractivity (Wildman–Crippen MR) is 109 cm³/mol. The van der Waals surface area contributed by atoms with Crippen LogP contribution in [0, 0.1) is 11.8 Å². The Kier molecular flexibility index (Phi) is 8.01. The van der Waals surface area contributed by atoms with Gasteiger partial charge in [0.15, 0.2) is 0 Å². The molecule has 0 aromatic heterocycles. The number of para-hydroxylation sites is 1. The number of aliphatic hydroxyl groups excluding tert-OH is 2. The first-order chi connectivity index (χ1) is 14.5. The second-order valence-electron chi connectivity index (χ2n) is 8.05. The van der Waals surface area contributed by atoms with Crippen LogP contribution < -0.4 is 4.74 Å². The van der Waals surface area contributed by atoms with Crippen molar-refractivity contribution in [2.75, 3.05) is 0 Å². The lowest BCUT2D eigenvalue weighted by Crippen LogP contribution is -2.37. The third-order valence-corrected chi connectivity index (χ3v) is 5.88. The van der Waals surface area contributed by atoms with Gasteiger partial charge >= 0.3 is 5.97 Å². The first-order valence-electron chi connectivity index (χ1n) is 10.6. The number of carbonyl (C=O) groups excluding carboxylic acids is 1. The summed E-state index contributed by atoms with van der Waals surface area (Å²) < 4.78 is 11.4. The Balaban J connectivity index is 1.48. The summed E-state index contributed by atoms with van der Waals surface area (Å²) in [6.07, 6.45) is 4.34. The number of unbranched alkanes of at least 4 members (excludes halogenated alkanes) is 1. The lowest BCUT2D eigenvalue weighted by molar-refractivity contribution is -0.168. The molecule has 7 heteroatoms. The van der Waals surface area contributed by atoms with Crippen molar-refractivity contribution in [3.05, 3.63) is 42.0 Å². The van der Waals surface area contributed by atoms with Gasteiger partial charge in [0.2, 0.25) is 6.29 Å². The number of ketones is 1. The molecule has 1 heterocycles. The summed E-state index contributed by atoms with van der Waals surface area (Å²) >= 11 is 0. The number of aliphatic hydroxyl groups is 2. The molecule has 5 atom stereocenters. The molecule has 0 radical (unpaired) electrons. The van der Waals surface area contributed by atoms with Crippen LogP contribution in [0.15, 0.2) is 36.4 Å². The Morgan fingerprint density at radius 2 is 2.07 bits per heavy atom. The highest BCUT2D eigenvalue weighted by molar-refractivity contribution is 5.84. The quantitative estimate of drug-likeness (QED) is 0.395. The van der Waals surface area contributed by atoms with Crippen LogP contribution in [0.5, 0.6) is 5.75 Å². The number of carboxylic acids is 1.